The molecule has 2 N–H and O–H groups in total. The number of aromatic nitrogens is 2. The fraction of sp³-hybridized carbons (Fsp3) is 0.583. The van der Waals surface area contributed by atoms with Gasteiger partial charge in [-0.15, -0.1) is 0 Å². The molecule has 0 unspecified atom stereocenters. The molecule has 3 aliphatic rings. The molecule has 1 saturated carbocycles. The molecule has 8 heteroatoms. The summed E-state index contributed by atoms with van der Waals surface area (Å²) in [5.74, 6) is 2.58. The first-order chi connectivity index (χ1) is 15.6. The van der Waals surface area contributed by atoms with Gasteiger partial charge in [0.25, 0.3) is 0 Å². The summed E-state index contributed by atoms with van der Waals surface area (Å²) >= 11 is 6.05. The van der Waals surface area contributed by atoms with E-state index in [1.807, 2.05) is 12.1 Å². The smallest absolute Gasteiger partial charge is 0.227 e. The Kier molecular flexibility index (Phi) is 6.41. The first-order valence-electron chi connectivity index (χ1n) is 11.8. The molecule has 2 aliphatic heterocycles. The van der Waals surface area contributed by atoms with Crippen LogP contribution in [0.15, 0.2) is 29.2 Å². The van der Waals surface area contributed by atoms with E-state index >= 15 is 0 Å². The Labute approximate surface area is 197 Å². The summed E-state index contributed by atoms with van der Waals surface area (Å²) in [7, 11) is -1.10. The summed E-state index contributed by atoms with van der Waals surface area (Å²) in [4.78, 5) is 12.9. The van der Waals surface area contributed by atoms with Crippen molar-refractivity contribution in [1.29, 1.82) is 0 Å². The quantitative estimate of drug-likeness (QED) is 0.673. The van der Waals surface area contributed by atoms with E-state index in [9.17, 15) is 9.32 Å². The summed E-state index contributed by atoms with van der Waals surface area (Å²) in [6.07, 6.45) is 7.77. The van der Waals surface area contributed by atoms with Crippen LogP contribution in [0.25, 0.3) is 0 Å². The first kappa shape index (κ1) is 22.1. The Balaban J connectivity index is 1.40. The average molecular weight is 475 g/mol. The number of benzene rings is 1. The van der Waals surface area contributed by atoms with Crippen molar-refractivity contribution in [3.05, 3.63) is 40.5 Å². The molecule has 5 rings (SSSR count). The third-order valence-electron chi connectivity index (χ3n) is 7.26. The summed E-state index contributed by atoms with van der Waals surface area (Å²) in [6, 6.07) is 8.19. The molecule has 6 nitrogen and oxygen atoms in total. The molecular weight excluding hydrogens is 444 g/mol. The minimum atomic E-state index is -1.10. The normalized spacial score (nSPS) is 23.2. The van der Waals surface area contributed by atoms with E-state index in [1.54, 1.807) is 0 Å². The number of halogens is 1. The lowest BCUT2D eigenvalue weighted by Crippen LogP contribution is -2.49. The van der Waals surface area contributed by atoms with Crippen molar-refractivity contribution >= 4 is 34.2 Å². The molecular formula is C24H31ClN4O2S. The predicted octanol–water partition coefficient (Wildman–Crippen LogP) is 4.28. The van der Waals surface area contributed by atoms with Crippen LogP contribution in [0.5, 0.6) is 0 Å². The van der Waals surface area contributed by atoms with E-state index in [0.717, 1.165) is 86.0 Å². The summed E-state index contributed by atoms with van der Waals surface area (Å²) in [5.41, 5.74) is 1.92. The van der Waals surface area contributed by atoms with Gasteiger partial charge in [-0.1, -0.05) is 23.7 Å². The zero-order valence-electron chi connectivity index (χ0n) is 18.4. The van der Waals surface area contributed by atoms with Crippen LogP contribution in [0, 0.1) is 0 Å². The Morgan fingerprint density at radius 1 is 1.12 bits per heavy atom. The zero-order chi connectivity index (χ0) is 22.1. The molecule has 0 amide bonds. The van der Waals surface area contributed by atoms with Crippen molar-refractivity contribution in [2.24, 2.45) is 0 Å². The van der Waals surface area contributed by atoms with Gasteiger partial charge in [-0.25, -0.2) is 4.98 Å². The highest BCUT2D eigenvalue weighted by Crippen LogP contribution is 2.38. The van der Waals surface area contributed by atoms with Crippen LogP contribution in [0.3, 0.4) is 0 Å². The van der Waals surface area contributed by atoms with Crippen LogP contribution in [0.2, 0.25) is 5.02 Å². The lowest BCUT2D eigenvalue weighted by atomic mass is 9.77. The van der Waals surface area contributed by atoms with Gasteiger partial charge in [0.2, 0.25) is 5.95 Å². The van der Waals surface area contributed by atoms with E-state index in [0.29, 0.717) is 17.5 Å². The first-order valence-corrected chi connectivity index (χ1v) is 13.5. The third kappa shape index (κ3) is 4.39. The highest BCUT2D eigenvalue weighted by atomic mass is 35.5. The van der Waals surface area contributed by atoms with Crippen molar-refractivity contribution in [3.63, 3.8) is 0 Å². The van der Waals surface area contributed by atoms with Crippen LogP contribution in [-0.4, -0.2) is 50.3 Å². The van der Waals surface area contributed by atoms with Crippen molar-refractivity contribution in [2.75, 3.05) is 35.7 Å². The number of fused-ring (bicyclic) bond motifs is 1. The van der Waals surface area contributed by atoms with Crippen LogP contribution in [-0.2, 0) is 17.2 Å². The Hall–Kier alpha value is -1.70. The molecule has 0 spiro atoms. The second kappa shape index (κ2) is 9.27. The summed E-state index contributed by atoms with van der Waals surface area (Å²) in [6.45, 7) is 1.85. The maximum Gasteiger partial charge on any atom is 0.227 e. The molecule has 1 aliphatic carbocycles. The van der Waals surface area contributed by atoms with Crippen molar-refractivity contribution in [2.45, 2.75) is 67.7 Å². The molecule has 1 saturated heterocycles. The lowest BCUT2D eigenvalue weighted by molar-refractivity contribution is 0.143. The molecule has 1 aromatic heterocycles. The van der Waals surface area contributed by atoms with Gasteiger partial charge >= 0.3 is 0 Å². The number of rotatable bonds is 5. The minimum absolute atomic E-state index is 0.0697. The van der Waals surface area contributed by atoms with Gasteiger partial charge in [0.15, 0.2) is 0 Å². The molecule has 2 aromatic rings. The predicted molar refractivity (Wildman–Crippen MR) is 129 cm³/mol. The molecule has 32 heavy (non-hydrogen) atoms. The molecule has 3 heterocycles. The Morgan fingerprint density at radius 3 is 2.53 bits per heavy atom. The largest absolute Gasteiger partial charge is 0.394 e. The number of nitrogens with one attached hydrogen (secondary N) is 1. The summed E-state index contributed by atoms with van der Waals surface area (Å²) < 4.78 is 13.0. The van der Waals surface area contributed by atoms with Gasteiger partial charge in [0.05, 0.1) is 28.6 Å². The second-order valence-corrected chi connectivity index (χ2v) is 11.3. The number of nitrogens with zero attached hydrogens (tertiary/aromatic N) is 3. The highest BCUT2D eigenvalue weighted by Gasteiger charge is 2.38. The maximum absolute atomic E-state index is 13.0. The van der Waals surface area contributed by atoms with Crippen LogP contribution < -0.4 is 10.2 Å². The van der Waals surface area contributed by atoms with Crippen LogP contribution in [0.4, 0.5) is 11.8 Å². The zero-order valence-corrected chi connectivity index (χ0v) is 19.9. The van der Waals surface area contributed by atoms with Gasteiger partial charge < -0.3 is 15.3 Å². The number of aryl methyl sites for hydroxylation is 1. The van der Waals surface area contributed by atoms with Crippen molar-refractivity contribution in [1.82, 2.24) is 9.97 Å². The van der Waals surface area contributed by atoms with E-state index in [-0.39, 0.29) is 12.1 Å². The molecule has 1 aromatic carbocycles. The fourth-order valence-electron chi connectivity index (χ4n) is 5.07. The SMILES string of the molecule is O=[S@@]1CCCCc2nc(N3CCC(c4ccc(Cl)cc4)CC3)nc(NC3(CO)CCC3)c21. The standard InChI is InChI=1S/C24H31ClN4O2S/c25-19-7-5-17(6-8-19)18-9-13-29(14-10-18)23-26-20-4-1-2-15-32(31)21(20)22(27-23)28-24(16-30)11-3-12-24/h5-8,18,30H,1-4,9-16H2,(H,26,27,28)/t32-/m1/s1. The molecule has 1 atom stereocenters. The van der Waals surface area contributed by atoms with Gasteiger partial charge in [-0.05, 0) is 75.0 Å². The number of anilines is 2. The summed E-state index contributed by atoms with van der Waals surface area (Å²) in [5, 5.41) is 14.3. The van der Waals surface area contributed by atoms with Gasteiger partial charge in [0.1, 0.15) is 10.7 Å². The lowest BCUT2D eigenvalue weighted by Gasteiger charge is -2.42. The van der Waals surface area contributed by atoms with Crippen LogP contribution in [0.1, 0.15) is 62.1 Å². The average Bonchev–Trinajstić information content (AvgIpc) is 2.98. The number of hydrogen-bond donors (Lipinski definition) is 2. The topological polar surface area (TPSA) is 78.4 Å². The maximum atomic E-state index is 13.0. The third-order valence-corrected chi connectivity index (χ3v) is 9.06. The molecule has 2 fully saturated rings. The molecule has 0 radical (unpaired) electrons. The van der Waals surface area contributed by atoms with Gasteiger partial charge in [-0.2, -0.15) is 4.98 Å². The number of hydrogen-bond acceptors (Lipinski definition) is 6. The Bertz CT molecular complexity index is 983. The van der Waals surface area contributed by atoms with E-state index in [1.165, 1.54) is 5.56 Å². The molecule has 172 valence electrons. The highest BCUT2D eigenvalue weighted by molar-refractivity contribution is 7.85. The van der Waals surface area contributed by atoms with E-state index < -0.39 is 10.8 Å². The number of aliphatic hydroxyl groups excluding tert-OH is 1. The van der Waals surface area contributed by atoms with Crippen LogP contribution >= 0.6 is 11.6 Å². The number of aliphatic hydroxyl groups is 1. The number of piperidine rings is 1. The fourth-order valence-corrected chi connectivity index (χ4v) is 6.59. The second-order valence-electron chi connectivity index (χ2n) is 9.38. The Morgan fingerprint density at radius 2 is 1.88 bits per heavy atom. The van der Waals surface area contributed by atoms with E-state index in [4.69, 9.17) is 21.6 Å². The van der Waals surface area contributed by atoms with Crippen molar-refractivity contribution < 1.29 is 9.32 Å². The monoisotopic (exact) mass is 474 g/mol. The van der Waals surface area contributed by atoms with Gasteiger partial charge in [0, 0.05) is 23.9 Å². The van der Waals surface area contributed by atoms with Gasteiger partial charge in [-0.3, -0.25) is 4.21 Å². The van der Waals surface area contributed by atoms with E-state index in [2.05, 4.69) is 22.3 Å². The van der Waals surface area contributed by atoms with Crippen molar-refractivity contribution in [3.8, 4) is 0 Å². The molecule has 0 bridgehead atoms. The minimum Gasteiger partial charge on any atom is -0.394 e.